The van der Waals surface area contributed by atoms with Crippen LogP contribution in [0.5, 0.6) is 0 Å². The van der Waals surface area contributed by atoms with Crippen molar-refractivity contribution in [1.29, 1.82) is 0 Å². The molecule has 0 aliphatic carbocycles. The lowest BCUT2D eigenvalue weighted by Crippen LogP contribution is -2.37. The largest absolute Gasteiger partial charge is 0.490 e. The SMILES string of the molecule is CC[C@H]1OC(/C(C)=C/[C@H](C)[C@H]2OC(=O)/C(OC)=C/C(C)=C/[C@@H](C)[C@@H](O)[C@H](C)C/C(C)=C/C=C/[C@@H]2OC)=CC=C1C. The van der Waals surface area contributed by atoms with E-state index in [1.807, 2.05) is 58.1 Å². The molecule has 222 valence electrons. The molecule has 0 spiro atoms. The minimum atomic E-state index is -0.628. The molecule has 0 amide bonds. The van der Waals surface area contributed by atoms with Gasteiger partial charge in [0.15, 0.2) is 0 Å². The number of aliphatic hydroxyl groups is 1. The summed E-state index contributed by atoms with van der Waals surface area (Å²) in [5, 5.41) is 10.9. The maximum atomic E-state index is 13.4. The lowest BCUT2D eigenvalue weighted by atomic mass is 9.87. The third-order valence-electron chi connectivity index (χ3n) is 7.66. The predicted octanol–water partition coefficient (Wildman–Crippen LogP) is 7.15. The van der Waals surface area contributed by atoms with Crippen LogP contribution < -0.4 is 0 Å². The number of aliphatic hydroxyl groups excluding tert-OH is 1. The molecule has 2 aliphatic heterocycles. The van der Waals surface area contributed by atoms with Crippen molar-refractivity contribution in [3.05, 3.63) is 82.4 Å². The van der Waals surface area contributed by atoms with Crippen LogP contribution in [0.1, 0.15) is 68.2 Å². The monoisotopic (exact) mass is 554 g/mol. The summed E-state index contributed by atoms with van der Waals surface area (Å²) < 4.78 is 23.6. The minimum Gasteiger partial charge on any atom is -0.490 e. The number of allylic oxidation sites excluding steroid dienone is 8. The highest BCUT2D eigenvalue weighted by Gasteiger charge is 2.31. The Hall–Kier alpha value is -2.83. The van der Waals surface area contributed by atoms with Crippen LogP contribution in [0.3, 0.4) is 0 Å². The molecule has 0 unspecified atom stereocenters. The van der Waals surface area contributed by atoms with Crippen molar-refractivity contribution >= 4 is 5.97 Å². The van der Waals surface area contributed by atoms with Gasteiger partial charge in [-0.3, -0.25) is 0 Å². The Bertz CT molecular complexity index is 1090. The molecule has 0 bridgehead atoms. The van der Waals surface area contributed by atoms with E-state index < -0.39 is 24.3 Å². The van der Waals surface area contributed by atoms with Crippen LogP contribution in [-0.4, -0.2) is 49.7 Å². The molecule has 40 heavy (non-hydrogen) atoms. The third kappa shape index (κ3) is 9.38. The van der Waals surface area contributed by atoms with Crippen molar-refractivity contribution in [3.8, 4) is 0 Å². The zero-order valence-corrected chi connectivity index (χ0v) is 26.1. The first-order valence-corrected chi connectivity index (χ1v) is 14.4. The van der Waals surface area contributed by atoms with Gasteiger partial charge in [0.2, 0.25) is 5.76 Å². The fourth-order valence-corrected chi connectivity index (χ4v) is 5.29. The lowest BCUT2D eigenvalue weighted by Gasteiger charge is -2.29. The van der Waals surface area contributed by atoms with Crippen molar-refractivity contribution in [2.45, 2.75) is 92.6 Å². The Kier molecular flexibility index (Phi) is 13.2. The van der Waals surface area contributed by atoms with E-state index in [1.165, 1.54) is 12.7 Å². The summed E-state index contributed by atoms with van der Waals surface area (Å²) in [4.78, 5) is 13.4. The number of methoxy groups -OCH3 is 2. The molecule has 0 aromatic carbocycles. The molecule has 2 rings (SSSR count). The zero-order valence-electron chi connectivity index (χ0n) is 26.1. The average Bonchev–Trinajstić information content (AvgIpc) is 2.91. The Morgan fingerprint density at radius 1 is 1.15 bits per heavy atom. The van der Waals surface area contributed by atoms with Crippen LogP contribution in [0.25, 0.3) is 0 Å². The van der Waals surface area contributed by atoms with Crippen molar-refractivity contribution in [3.63, 3.8) is 0 Å². The zero-order chi connectivity index (χ0) is 30.0. The van der Waals surface area contributed by atoms with E-state index in [4.69, 9.17) is 18.9 Å². The van der Waals surface area contributed by atoms with Crippen LogP contribution in [0, 0.1) is 17.8 Å². The third-order valence-corrected chi connectivity index (χ3v) is 7.66. The van der Waals surface area contributed by atoms with Gasteiger partial charge in [-0.2, -0.15) is 0 Å². The summed E-state index contributed by atoms with van der Waals surface area (Å²) in [5.41, 5.74) is 4.13. The number of carbonyl (C=O) groups is 1. The summed E-state index contributed by atoms with van der Waals surface area (Å²) in [6, 6.07) is 0. The number of esters is 1. The molecule has 0 aromatic heterocycles. The molecule has 6 nitrogen and oxygen atoms in total. The van der Waals surface area contributed by atoms with Gasteiger partial charge in [-0.1, -0.05) is 75.3 Å². The Morgan fingerprint density at radius 2 is 1.85 bits per heavy atom. The van der Waals surface area contributed by atoms with Crippen LogP contribution in [0.2, 0.25) is 0 Å². The first kappa shape index (κ1) is 33.4. The summed E-state index contributed by atoms with van der Waals surface area (Å²) in [5.74, 6) is 0.0885. The Balaban J connectivity index is 2.51. The average molecular weight is 555 g/mol. The molecule has 7 atom stereocenters. The number of carbonyl (C=O) groups excluding carboxylic acids is 1. The van der Waals surface area contributed by atoms with Crippen molar-refractivity contribution in [2.24, 2.45) is 17.8 Å². The Labute approximate surface area is 241 Å². The molecular weight excluding hydrogens is 504 g/mol. The Morgan fingerprint density at radius 3 is 2.48 bits per heavy atom. The van der Waals surface area contributed by atoms with E-state index in [-0.39, 0.29) is 29.6 Å². The van der Waals surface area contributed by atoms with Crippen LogP contribution in [-0.2, 0) is 23.7 Å². The molecule has 1 N–H and O–H groups in total. The van der Waals surface area contributed by atoms with Crippen LogP contribution in [0.4, 0.5) is 0 Å². The van der Waals surface area contributed by atoms with Gasteiger partial charge in [-0.15, -0.1) is 0 Å². The summed E-state index contributed by atoms with van der Waals surface area (Å²) in [6.07, 6.45) is 15.7. The van der Waals surface area contributed by atoms with Gasteiger partial charge in [0.25, 0.3) is 0 Å². The number of hydrogen-bond acceptors (Lipinski definition) is 6. The predicted molar refractivity (Wildman–Crippen MR) is 161 cm³/mol. The van der Waals surface area contributed by atoms with Gasteiger partial charge in [-0.05, 0) is 69.8 Å². The molecule has 2 heterocycles. The van der Waals surface area contributed by atoms with E-state index in [0.29, 0.717) is 0 Å². The van der Waals surface area contributed by atoms with Gasteiger partial charge in [0, 0.05) is 18.9 Å². The van der Waals surface area contributed by atoms with Crippen LogP contribution >= 0.6 is 0 Å². The quantitative estimate of drug-likeness (QED) is 0.352. The molecule has 0 saturated carbocycles. The highest BCUT2D eigenvalue weighted by Crippen LogP contribution is 2.28. The molecule has 0 aromatic rings. The molecule has 2 aliphatic rings. The van der Waals surface area contributed by atoms with Gasteiger partial charge in [0.1, 0.15) is 24.1 Å². The second-order valence-corrected chi connectivity index (χ2v) is 11.3. The standard InChI is InChI=1S/C34H50O6/c1-11-28-23(4)15-16-29(39-28)24(5)20-27(8)33-30(37-9)14-12-13-21(2)17-25(6)32(35)26(7)18-22(3)19-31(38-10)34(36)40-33/h12-16,18-20,25-28,30,32-33,35H,11,17H2,1-10H3/b14-12+,21-13+,22-18+,24-20+,31-19-/t25-,26-,27+,28-,30+,32+,33-/m1/s1. The van der Waals surface area contributed by atoms with Crippen molar-refractivity contribution in [2.75, 3.05) is 14.2 Å². The smallest absolute Gasteiger partial charge is 0.373 e. The van der Waals surface area contributed by atoms with E-state index in [9.17, 15) is 9.90 Å². The molecule has 0 saturated heterocycles. The topological polar surface area (TPSA) is 74.2 Å². The maximum absolute atomic E-state index is 13.4. The lowest BCUT2D eigenvalue weighted by molar-refractivity contribution is -0.155. The fourth-order valence-electron chi connectivity index (χ4n) is 5.29. The number of hydrogen-bond donors (Lipinski definition) is 1. The fraction of sp³-hybridized carbons (Fsp3) is 0.559. The first-order valence-electron chi connectivity index (χ1n) is 14.4. The van der Waals surface area contributed by atoms with Gasteiger partial charge < -0.3 is 24.1 Å². The number of ether oxygens (including phenoxy) is 4. The van der Waals surface area contributed by atoms with E-state index >= 15 is 0 Å². The highest BCUT2D eigenvalue weighted by atomic mass is 16.6. The van der Waals surface area contributed by atoms with Gasteiger partial charge >= 0.3 is 5.97 Å². The molecule has 0 fully saturated rings. The minimum absolute atomic E-state index is 0.0565. The summed E-state index contributed by atoms with van der Waals surface area (Å²) in [6.45, 7) is 16.2. The van der Waals surface area contributed by atoms with Gasteiger partial charge in [0.05, 0.1) is 13.2 Å². The normalized spacial score (nSPS) is 34.8. The van der Waals surface area contributed by atoms with Crippen molar-refractivity contribution in [1.82, 2.24) is 0 Å². The molecule has 0 radical (unpaired) electrons. The first-order chi connectivity index (χ1) is 18.9. The van der Waals surface area contributed by atoms with E-state index in [2.05, 4.69) is 39.8 Å². The summed E-state index contributed by atoms with van der Waals surface area (Å²) in [7, 11) is 3.06. The highest BCUT2D eigenvalue weighted by molar-refractivity contribution is 5.87. The second-order valence-electron chi connectivity index (χ2n) is 11.3. The second kappa shape index (κ2) is 15.8. The molecular formula is C34H50O6. The van der Waals surface area contributed by atoms with E-state index in [0.717, 1.165) is 35.3 Å². The van der Waals surface area contributed by atoms with E-state index in [1.54, 1.807) is 13.2 Å². The maximum Gasteiger partial charge on any atom is 0.373 e. The van der Waals surface area contributed by atoms with Crippen molar-refractivity contribution < 1.29 is 28.8 Å². The number of cyclic esters (lactones) is 1. The molecule has 6 heteroatoms. The van der Waals surface area contributed by atoms with Crippen LogP contribution in [0.15, 0.2) is 82.4 Å². The van der Waals surface area contributed by atoms with Gasteiger partial charge in [-0.25, -0.2) is 4.79 Å². The summed E-state index contributed by atoms with van der Waals surface area (Å²) >= 11 is 0. The number of rotatable bonds is 6.